The van der Waals surface area contributed by atoms with Crippen molar-refractivity contribution < 1.29 is 14.9 Å². The first-order chi connectivity index (χ1) is 13.0. The zero-order valence-electron chi connectivity index (χ0n) is 13.7. The highest BCUT2D eigenvalue weighted by atomic mass is 16.5. The van der Waals surface area contributed by atoms with Crippen LogP contribution in [0.2, 0.25) is 0 Å². The molecule has 0 spiro atoms. The highest BCUT2D eigenvalue weighted by Gasteiger charge is 2.19. The second-order valence-electron chi connectivity index (χ2n) is 5.02. The minimum absolute atomic E-state index is 0.103. The van der Waals surface area contributed by atoms with Gasteiger partial charge in [-0.3, -0.25) is 0 Å². The molecule has 2 N–H and O–H groups in total. The van der Waals surface area contributed by atoms with Crippen LogP contribution in [0.1, 0.15) is 11.1 Å². The Kier molecular flexibility index (Phi) is 5.79. The lowest BCUT2D eigenvalue weighted by Gasteiger charge is -2.12. The quantitative estimate of drug-likeness (QED) is 0.620. The molecule has 27 heavy (non-hydrogen) atoms. The van der Waals surface area contributed by atoms with E-state index in [1.54, 1.807) is 42.5 Å². The molecule has 0 unspecified atom stereocenters. The second-order valence-corrected chi connectivity index (χ2v) is 5.02. The SMILES string of the molecule is N#CC(C#N)=C(O)c1ccc(Oc2ccccc2)cc1C(O)=C(C#N)C#N. The van der Waals surface area contributed by atoms with Crippen LogP contribution in [0, 0.1) is 45.3 Å². The Morgan fingerprint density at radius 2 is 1.19 bits per heavy atom. The van der Waals surface area contributed by atoms with Crippen molar-refractivity contribution in [1.29, 1.82) is 21.0 Å². The molecule has 0 saturated heterocycles. The van der Waals surface area contributed by atoms with Crippen LogP contribution in [0.3, 0.4) is 0 Å². The van der Waals surface area contributed by atoms with Gasteiger partial charge in [-0.2, -0.15) is 21.0 Å². The van der Waals surface area contributed by atoms with Crippen LogP contribution in [0.15, 0.2) is 59.7 Å². The number of nitrogens with zero attached hydrogens (tertiary/aromatic N) is 4. The number of rotatable bonds is 4. The van der Waals surface area contributed by atoms with Crippen LogP contribution in [-0.4, -0.2) is 10.2 Å². The van der Waals surface area contributed by atoms with E-state index in [1.807, 2.05) is 0 Å². The maximum absolute atomic E-state index is 10.3. The number of benzene rings is 2. The monoisotopic (exact) mass is 354 g/mol. The van der Waals surface area contributed by atoms with E-state index >= 15 is 0 Å². The highest BCUT2D eigenvalue weighted by molar-refractivity contribution is 5.82. The molecule has 0 fully saturated rings. The molecule has 0 aliphatic heterocycles. The lowest BCUT2D eigenvalue weighted by Crippen LogP contribution is -1.98. The van der Waals surface area contributed by atoms with E-state index in [4.69, 9.17) is 25.8 Å². The number of nitriles is 4. The topological polar surface area (TPSA) is 145 Å². The molecule has 0 heterocycles. The molecule has 0 radical (unpaired) electrons. The number of hydrogen-bond donors (Lipinski definition) is 2. The normalized spacial score (nSPS) is 8.89. The van der Waals surface area contributed by atoms with Gasteiger partial charge in [0.2, 0.25) is 0 Å². The van der Waals surface area contributed by atoms with E-state index in [-0.39, 0.29) is 16.9 Å². The lowest BCUT2D eigenvalue weighted by atomic mass is 9.99. The number of hydrogen-bond acceptors (Lipinski definition) is 7. The second kappa shape index (κ2) is 8.40. The molecule has 0 aliphatic carbocycles. The van der Waals surface area contributed by atoms with Gasteiger partial charge in [-0.25, -0.2) is 0 Å². The highest BCUT2D eigenvalue weighted by Crippen LogP contribution is 2.32. The molecule has 7 nitrogen and oxygen atoms in total. The van der Waals surface area contributed by atoms with Gasteiger partial charge in [-0.15, -0.1) is 0 Å². The molecule has 2 aromatic carbocycles. The Morgan fingerprint density at radius 3 is 1.70 bits per heavy atom. The lowest BCUT2D eigenvalue weighted by molar-refractivity contribution is 0.477. The number of para-hydroxylation sites is 1. The van der Waals surface area contributed by atoms with E-state index < -0.39 is 22.7 Å². The Balaban J connectivity index is 2.70. The summed E-state index contributed by atoms with van der Waals surface area (Å²) in [5, 5.41) is 56.4. The third-order valence-corrected chi connectivity index (χ3v) is 3.40. The van der Waals surface area contributed by atoms with Gasteiger partial charge in [0.15, 0.2) is 22.7 Å². The minimum atomic E-state index is -0.713. The summed E-state index contributed by atoms with van der Waals surface area (Å²) in [4.78, 5) is 0. The molecule has 0 atom stereocenters. The molecule has 7 heteroatoms. The average Bonchev–Trinajstić information content (AvgIpc) is 2.70. The van der Waals surface area contributed by atoms with Crippen LogP contribution in [0.4, 0.5) is 0 Å². The summed E-state index contributed by atoms with van der Waals surface area (Å²) in [7, 11) is 0. The molecule has 0 aromatic heterocycles. The zero-order chi connectivity index (χ0) is 19.8. The summed E-state index contributed by atoms with van der Waals surface area (Å²) in [5.41, 5.74) is -1.43. The van der Waals surface area contributed by atoms with E-state index in [9.17, 15) is 10.2 Å². The fourth-order valence-corrected chi connectivity index (χ4v) is 2.15. The van der Waals surface area contributed by atoms with Crippen LogP contribution in [0.25, 0.3) is 11.5 Å². The van der Waals surface area contributed by atoms with Gasteiger partial charge in [-0.05, 0) is 30.3 Å². The molecular weight excluding hydrogens is 344 g/mol. The number of ether oxygens (including phenoxy) is 1. The molecular formula is C20H10N4O3. The summed E-state index contributed by atoms with van der Waals surface area (Å²) < 4.78 is 5.64. The van der Waals surface area contributed by atoms with Crippen molar-refractivity contribution in [3.8, 4) is 35.8 Å². The molecule has 0 saturated carbocycles. The minimum Gasteiger partial charge on any atom is -0.505 e. The summed E-state index contributed by atoms with van der Waals surface area (Å²) in [6, 6.07) is 18.9. The van der Waals surface area contributed by atoms with Gasteiger partial charge < -0.3 is 14.9 Å². The van der Waals surface area contributed by atoms with E-state index in [0.717, 1.165) is 0 Å². The van der Waals surface area contributed by atoms with Crippen molar-refractivity contribution in [2.75, 3.05) is 0 Å². The van der Waals surface area contributed by atoms with Crippen molar-refractivity contribution in [3.63, 3.8) is 0 Å². The van der Waals surface area contributed by atoms with E-state index in [0.29, 0.717) is 5.75 Å². The first-order valence-corrected chi connectivity index (χ1v) is 7.40. The predicted molar refractivity (Wildman–Crippen MR) is 94.5 cm³/mol. The van der Waals surface area contributed by atoms with Crippen molar-refractivity contribution in [2.45, 2.75) is 0 Å². The van der Waals surface area contributed by atoms with Gasteiger partial charge in [0.1, 0.15) is 35.8 Å². The first-order valence-electron chi connectivity index (χ1n) is 7.40. The average molecular weight is 354 g/mol. The predicted octanol–water partition coefficient (Wildman–Crippen LogP) is 4.11. The van der Waals surface area contributed by atoms with Gasteiger partial charge in [0, 0.05) is 11.1 Å². The van der Waals surface area contributed by atoms with Gasteiger partial charge in [0.25, 0.3) is 0 Å². The molecule has 128 valence electrons. The fourth-order valence-electron chi connectivity index (χ4n) is 2.15. The molecule has 2 rings (SSSR count). The number of allylic oxidation sites excluding steroid dienone is 2. The molecule has 0 aliphatic rings. The van der Waals surface area contributed by atoms with Gasteiger partial charge >= 0.3 is 0 Å². The largest absolute Gasteiger partial charge is 0.505 e. The number of aliphatic hydroxyl groups is 2. The van der Waals surface area contributed by atoms with Crippen molar-refractivity contribution in [3.05, 3.63) is 70.8 Å². The van der Waals surface area contributed by atoms with Crippen molar-refractivity contribution in [1.82, 2.24) is 0 Å². The zero-order valence-corrected chi connectivity index (χ0v) is 13.7. The van der Waals surface area contributed by atoms with Gasteiger partial charge in [-0.1, -0.05) is 18.2 Å². The summed E-state index contributed by atoms with van der Waals surface area (Å²) in [5.74, 6) is -0.668. The fraction of sp³-hybridized carbons (Fsp3) is 0. The summed E-state index contributed by atoms with van der Waals surface area (Å²) in [6.07, 6.45) is 0. The Labute approximate surface area is 154 Å². The smallest absolute Gasteiger partial charge is 0.171 e. The van der Waals surface area contributed by atoms with Crippen molar-refractivity contribution >= 4 is 11.5 Å². The van der Waals surface area contributed by atoms with Crippen molar-refractivity contribution in [2.24, 2.45) is 0 Å². The Bertz CT molecular complexity index is 1070. The molecule has 0 bridgehead atoms. The Morgan fingerprint density at radius 1 is 0.667 bits per heavy atom. The molecule has 0 amide bonds. The third kappa shape index (κ3) is 4.03. The summed E-state index contributed by atoms with van der Waals surface area (Å²) >= 11 is 0. The van der Waals surface area contributed by atoms with Crippen LogP contribution < -0.4 is 4.74 Å². The van der Waals surface area contributed by atoms with E-state index in [1.165, 1.54) is 30.3 Å². The maximum Gasteiger partial charge on any atom is 0.171 e. The maximum atomic E-state index is 10.3. The van der Waals surface area contributed by atoms with Gasteiger partial charge in [0.05, 0.1) is 0 Å². The first kappa shape index (κ1) is 18.6. The van der Waals surface area contributed by atoms with Crippen LogP contribution >= 0.6 is 0 Å². The standard InChI is InChI=1S/C20H10N4O3/c21-9-13(10-22)19(25)17-7-6-16(27-15-4-2-1-3-5-15)8-18(17)20(26)14(11-23)12-24/h1-8,25-26H. The number of aliphatic hydroxyl groups excluding tert-OH is 2. The van der Waals surface area contributed by atoms with Crippen LogP contribution in [0.5, 0.6) is 11.5 Å². The van der Waals surface area contributed by atoms with E-state index in [2.05, 4.69) is 0 Å². The van der Waals surface area contributed by atoms with Crippen LogP contribution in [-0.2, 0) is 0 Å². The Hall–Kier alpha value is -4.72. The summed E-state index contributed by atoms with van der Waals surface area (Å²) in [6.45, 7) is 0. The third-order valence-electron chi connectivity index (χ3n) is 3.40. The molecule has 2 aromatic rings.